The molecular weight excluding hydrogens is 340 g/mol. The fourth-order valence-corrected chi connectivity index (χ4v) is 2.73. The SMILES string of the molecule is O=C(O)c1ccc(OCc2ccccc2)cc1OCCCc1ccccc1. The number of aromatic carboxylic acids is 1. The van der Waals surface area contributed by atoms with Crippen LogP contribution in [0.1, 0.15) is 27.9 Å². The summed E-state index contributed by atoms with van der Waals surface area (Å²) in [5.41, 5.74) is 2.42. The molecule has 0 heterocycles. The summed E-state index contributed by atoms with van der Waals surface area (Å²) < 4.78 is 11.5. The van der Waals surface area contributed by atoms with E-state index in [1.807, 2.05) is 48.5 Å². The Kier molecular flexibility index (Phi) is 6.47. The Morgan fingerprint density at radius 3 is 2.15 bits per heavy atom. The maximum Gasteiger partial charge on any atom is 0.339 e. The Morgan fingerprint density at radius 2 is 1.48 bits per heavy atom. The van der Waals surface area contributed by atoms with Gasteiger partial charge in [0.05, 0.1) is 6.61 Å². The molecule has 0 aromatic heterocycles. The highest BCUT2D eigenvalue weighted by Crippen LogP contribution is 2.26. The van der Waals surface area contributed by atoms with Gasteiger partial charge in [-0.2, -0.15) is 0 Å². The standard InChI is InChI=1S/C23H22O4/c24-23(25)21-14-13-20(27-17-19-10-5-2-6-11-19)16-22(21)26-15-7-12-18-8-3-1-4-9-18/h1-6,8-11,13-14,16H,7,12,15,17H2,(H,24,25). The van der Waals surface area contributed by atoms with Crippen LogP contribution in [-0.4, -0.2) is 17.7 Å². The fourth-order valence-electron chi connectivity index (χ4n) is 2.73. The first-order valence-corrected chi connectivity index (χ1v) is 8.93. The Morgan fingerprint density at radius 1 is 0.815 bits per heavy atom. The number of carboxylic acids is 1. The highest BCUT2D eigenvalue weighted by Gasteiger charge is 2.13. The molecule has 0 saturated heterocycles. The third-order valence-corrected chi connectivity index (χ3v) is 4.14. The van der Waals surface area contributed by atoms with Gasteiger partial charge in [-0.05, 0) is 36.1 Å². The first kappa shape index (κ1) is 18.5. The Bertz CT molecular complexity index is 860. The molecule has 3 aromatic rings. The van der Waals surface area contributed by atoms with Crippen LogP contribution in [0.15, 0.2) is 78.9 Å². The molecule has 27 heavy (non-hydrogen) atoms. The highest BCUT2D eigenvalue weighted by molar-refractivity contribution is 5.91. The number of carbonyl (C=O) groups is 1. The van der Waals surface area contributed by atoms with Crippen molar-refractivity contribution in [2.45, 2.75) is 19.4 Å². The number of hydrogen-bond acceptors (Lipinski definition) is 3. The molecule has 0 aliphatic heterocycles. The van der Waals surface area contributed by atoms with Gasteiger partial charge in [0.1, 0.15) is 23.7 Å². The van der Waals surface area contributed by atoms with Crippen molar-refractivity contribution >= 4 is 5.97 Å². The van der Waals surface area contributed by atoms with Gasteiger partial charge in [0, 0.05) is 6.07 Å². The second-order valence-corrected chi connectivity index (χ2v) is 6.18. The topological polar surface area (TPSA) is 55.8 Å². The van der Waals surface area contributed by atoms with Crippen LogP contribution >= 0.6 is 0 Å². The zero-order valence-electron chi connectivity index (χ0n) is 15.0. The molecule has 0 saturated carbocycles. The molecule has 0 aliphatic rings. The molecule has 3 rings (SSSR count). The average molecular weight is 362 g/mol. The summed E-state index contributed by atoms with van der Waals surface area (Å²) >= 11 is 0. The van der Waals surface area contributed by atoms with E-state index in [9.17, 15) is 9.90 Å². The van der Waals surface area contributed by atoms with Crippen molar-refractivity contribution in [3.8, 4) is 11.5 Å². The van der Waals surface area contributed by atoms with Gasteiger partial charge < -0.3 is 14.6 Å². The summed E-state index contributed by atoms with van der Waals surface area (Å²) in [4.78, 5) is 11.4. The lowest BCUT2D eigenvalue weighted by Gasteiger charge is -2.12. The quantitative estimate of drug-likeness (QED) is 0.546. The number of ether oxygens (including phenoxy) is 2. The third-order valence-electron chi connectivity index (χ3n) is 4.14. The largest absolute Gasteiger partial charge is 0.493 e. The molecule has 3 aromatic carbocycles. The summed E-state index contributed by atoms with van der Waals surface area (Å²) in [5, 5.41) is 9.38. The van der Waals surface area contributed by atoms with E-state index >= 15 is 0 Å². The van der Waals surface area contributed by atoms with E-state index in [1.165, 1.54) is 11.6 Å². The summed E-state index contributed by atoms with van der Waals surface area (Å²) in [6.45, 7) is 0.859. The van der Waals surface area contributed by atoms with Gasteiger partial charge in [0.15, 0.2) is 0 Å². The van der Waals surface area contributed by atoms with Gasteiger partial charge in [0.2, 0.25) is 0 Å². The molecule has 0 bridgehead atoms. The van der Waals surface area contributed by atoms with Crippen LogP contribution in [0.25, 0.3) is 0 Å². The Hall–Kier alpha value is -3.27. The molecule has 138 valence electrons. The Balaban J connectivity index is 1.60. The van der Waals surface area contributed by atoms with Gasteiger partial charge in [-0.3, -0.25) is 0 Å². The number of hydrogen-bond donors (Lipinski definition) is 1. The van der Waals surface area contributed by atoms with Crippen LogP contribution in [0.5, 0.6) is 11.5 Å². The van der Waals surface area contributed by atoms with Gasteiger partial charge >= 0.3 is 5.97 Å². The fraction of sp³-hybridized carbons (Fsp3) is 0.174. The first-order valence-electron chi connectivity index (χ1n) is 8.93. The molecule has 0 radical (unpaired) electrons. The normalized spacial score (nSPS) is 10.4. The van der Waals surface area contributed by atoms with Crippen LogP contribution in [0.3, 0.4) is 0 Å². The smallest absolute Gasteiger partial charge is 0.339 e. The minimum atomic E-state index is -1.01. The predicted molar refractivity (Wildman–Crippen MR) is 104 cm³/mol. The number of benzene rings is 3. The first-order chi connectivity index (χ1) is 13.2. The van der Waals surface area contributed by atoms with Crippen LogP contribution in [0.2, 0.25) is 0 Å². The molecule has 0 fully saturated rings. The molecule has 0 unspecified atom stereocenters. The number of rotatable bonds is 9. The summed E-state index contributed by atoms with van der Waals surface area (Å²) in [7, 11) is 0. The third kappa shape index (κ3) is 5.61. The van der Waals surface area contributed by atoms with Crippen molar-refractivity contribution in [1.82, 2.24) is 0 Å². The van der Waals surface area contributed by atoms with Crippen LogP contribution in [-0.2, 0) is 13.0 Å². The van der Waals surface area contributed by atoms with E-state index in [4.69, 9.17) is 9.47 Å². The maximum absolute atomic E-state index is 11.4. The van der Waals surface area contributed by atoms with Crippen LogP contribution in [0, 0.1) is 0 Å². The van der Waals surface area contributed by atoms with Crippen molar-refractivity contribution in [1.29, 1.82) is 0 Å². The molecule has 4 heteroatoms. The molecule has 1 N–H and O–H groups in total. The van der Waals surface area contributed by atoms with Crippen molar-refractivity contribution < 1.29 is 19.4 Å². The minimum Gasteiger partial charge on any atom is -0.493 e. The Labute approximate surface area is 159 Å². The van der Waals surface area contributed by atoms with Gasteiger partial charge in [-0.25, -0.2) is 4.79 Å². The van der Waals surface area contributed by atoms with E-state index < -0.39 is 5.97 Å². The molecule has 0 atom stereocenters. The second-order valence-electron chi connectivity index (χ2n) is 6.18. The van der Waals surface area contributed by atoms with Crippen LogP contribution in [0.4, 0.5) is 0 Å². The highest BCUT2D eigenvalue weighted by atomic mass is 16.5. The lowest BCUT2D eigenvalue weighted by molar-refractivity contribution is 0.0692. The molecule has 0 spiro atoms. The molecule has 0 aliphatic carbocycles. The molecular formula is C23H22O4. The lowest BCUT2D eigenvalue weighted by atomic mass is 10.1. The maximum atomic E-state index is 11.4. The monoisotopic (exact) mass is 362 g/mol. The van der Waals surface area contributed by atoms with E-state index in [0.29, 0.717) is 24.7 Å². The number of carboxylic acid groups (broad SMARTS) is 1. The number of aryl methyl sites for hydroxylation is 1. The average Bonchev–Trinajstić information content (AvgIpc) is 2.71. The summed E-state index contributed by atoms with van der Waals surface area (Å²) in [6.07, 6.45) is 1.69. The second kappa shape index (κ2) is 9.43. The van der Waals surface area contributed by atoms with Crippen LogP contribution < -0.4 is 9.47 Å². The zero-order chi connectivity index (χ0) is 18.9. The minimum absolute atomic E-state index is 0.141. The van der Waals surface area contributed by atoms with E-state index in [-0.39, 0.29) is 5.56 Å². The molecule has 0 amide bonds. The van der Waals surface area contributed by atoms with Crippen molar-refractivity contribution in [2.24, 2.45) is 0 Å². The van der Waals surface area contributed by atoms with Crippen molar-refractivity contribution in [3.05, 3.63) is 95.6 Å². The summed E-state index contributed by atoms with van der Waals surface area (Å²) in [6, 6.07) is 24.8. The predicted octanol–water partition coefficient (Wildman–Crippen LogP) is 4.98. The summed E-state index contributed by atoms with van der Waals surface area (Å²) in [5.74, 6) is -0.0919. The zero-order valence-corrected chi connectivity index (χ0v) is 15.0. The van der Waals surface area contributed by atoms with E-state index in [0.717, 1.165) is 18.4 Å². The van der Waals surface area contributed by atoms with E-state index in [2.05, 4.69) is 12.1 Å². The van der Waals surface area contributed by atoms with Gasteiger partial charge in [-0.15, -0.1) is 0 Å². The molecule has 4 nitrogen and oxygen atoms in total. The van der Waals surface area contributed by atoms with Gasteiger partial charge in [-0.1, -0.05) is 60.7 Å². The van der Waals surface area contributed by atoms with E-state index in [1.54, 1.807) is 12.1 Å². The van der Waals surface area contributed by atoms with Crippen molar-refractivity contribution in [3.63, 3.8) is 0 Å². The van der Waals surface area contributed by atoms with Gasteiger partial charge in [0.25, 0.3) is 0 Å². The van der Waals surface area contributed by atoms with Crippen molar-refractivity contribution in [2.75, 3.05) is 6.61 Å². The lowest BCUT2D eigenvalue weighted by Crippen LogP contribution is -2.06.